The Hall–Kier alpha value is -2.62. The van der Waals surface area contributed by atoms with Gasteiger partial charge >= 0.3 is 0 Å². The second-order valence-corrected chi connectivity index (χ2v) is 8.93. The Morgan fingerprint density at radius 2 is 1.76 bits per heavy atom. The van der Waals surface area contributed by atoms with Crippen molar-refractivity contribution >= 4 is 39.1 Å². The highest BCUT2D eigenvalue weighted by Crippen LogP contribution is 2.27. The van der Waals surface area contributed by atoms with Gasteiger partial charge in [-0.15, -0.1) is 0 Å². The molecule has 0 spiro atoms. The van der Waals surface area contributed by atoms with E-state index >= 15 is 0 Å². The second-order valence-electron chi connectivity index (χ2n) is 6.55. The van der Waals surface area contributed by atoms with E-state index < -0.39 is 15.9 Å². The number of anilines is 1. The zero-order valence-corrected chi connectivity index (χ0v) is 17.2. The average molecular weight is 438 g/mol. The fraction of sp³-hybridized carbons (Fsp3) is 0.263. The number of rotatable bonds is 4. The predicted octanol–water partition coefficient (Wildman–Crippen LogP) is 2.15. The lowest BCUT2D eigenvalue weighted by Gasteiger charge is -2.33. The lowest BCUT2D eigenvalue weighted by atomic mass is 10.2. The molecule has 0 atom stereocenters. The maximum atomic E-state index is 12.9. The lowest BCUT2D eigenvalue weighted by Crippen LogP contribution is -2.49. The Morgan fingerprint density at radius 1 is 1.07 bits per heavy atom. The van der Waals surface area contributed by atoms with E-state index in [0.29, 0.717) is 18.1 Å². The molecule has 29 heavy (non-hydrogen) atoms. The van der Waals surface area contributed by atoms with Crippen molar-refractivity contribution in [2.45, 2.75) is 11.8 Å². The fourth-order valence-corrected chi connectivity index (χ4v) is 4.63. The van der Waals surface area contributed by atoms with Gasteiger partial charge < -0.3 is 15.3 Å². The molecule has 2 amide bonds. The van der Waals surface area contributed by atoms with Crippen molar-refractivity contribution in [2.24, 2.45) is 0 Å². The number of aromatic hydroxyl groups is 1. The lowest BCUT2D eigenvalue weighted by molar-refractivity contribution is -0.129. The fourth-order valence-electron chi connectivity index (χ4n) is 2.99. The third-order valence-corrected chi connectivity index (χ3v) is 6.75. The largest absolute Gasteiger partial charge is 0.506 e. The summed E-state index contributed by atoms with van der Waals surface area (Å²) < 4.78 is 27.2. The zero-order chi connectivity index (χ0) is 21.2. The SMILES string of the molecule is CC(=O)N1CCN(S(=O)(=O)c2cccc(C(=O)Nc3cc(Cl)ccc3O)c2)CC1. The molecule has 154 valence electrons. The normalized spacial score (nSPS) is 15.2. The van der Waals surface area contributed by atoms with Gasteiger partial charge in [0.1, 0.15) is 5.75 Å². The molecule has 0 aliphatic carbocycles. The highest BCUT2D eigenvalue weighted by molar-refractivity contribution is 7.89. The molecule has 2 N–H and O–H groups in total. The van der Waals surface area contributed by atoms with Gasteiger partial charge in [-0.25, -0.2) is 8.42 Å². The number of amides is 2. The van der Waals surface area contributed by atoms with Crippen LogP contribution in [-0.2, 0) is 14.8 Å². The van der Waals surface area contributed by atoms with E-state index in [1.165, 1.54) is 53.7 Å². The number of hydrogen-bond acceptors (Lipinski definition) is 5. The highest BCUT2D eigenvalue weighted by atomic mass is 35.5. The van der Waals surface area contributed by atoms with Gasteiger partial charge in [-0.3, -0.25) is 9.59 Å². The van der Waals surface area contributed by atoms with Gasteiger partial charge in [-0.2, -0.15) is 4.31 Å². The average Bonchev–Trinajstić information content (AvgIpc) is 2.71. The monoisotopic (exact) mass is 437 g/mol. The molecule has 1 fully saturated rings. The number of halogens is 1. The minimum absolute atomic E-state index is 0.0169. The molecule has 2 aromatic carbocycles. The van der Waals surface area contributed by atoms with Crippen molar-refractivity contribution in [2.75, 3.05) is 31.5 Å². The van der Waals surface area contributed by atoms with Crippen molar-refractivity contribution in [1.82, 2.24) is 9.21 Å². The predicted molar refractivity (Wildman–Crippen MR) is 109 cm³/mol. The smallest absolute Gasteiger partial charge is 0.255 e. The van der Waals surface area contributed by atoms with Crippen molar-refractivity contribution in [3.05, 3.63) is 53.1 Å². The molecule has 8 nitrogen and oxygen atoms in total. The van der Waals surface area contributed by atoms with E-state index in [4.69, 9.17) is 11.6 Å². The standard InChI is InChI=1S/C19H20ClN3O5S/c1-13(24)22-7-9-23(10-8-22)29(27,28)16-4-2-3-14(11-16)19(26)21-17-12-15(20)5-6-18(17)25/h2-6,11-12,25H,7-10H2,1H3,(H,21,26). The molecule has 2 aromatic rings. The Kier molecular flexibility index (Phi) is 6.11. The van der Waals surface area contributed by atoms with Crippen LogP contribution in [0.25, 0.3) is 0 Å². The van der Waals surface area contributed by atoms with Crippen LogP contribution in [0.1, 0.15) is 17.3 Å². The van der Waals surface area contributed by atoms with Crippen LogP contribution in [0.5, 0.6) is 5.75 Å². The summed E-state index contributed by atoms with van der Waals surface area (Å²) in [6.07, 6.45) is 0. The molecular formula is C19H20ClN3O5S. The summed E-state index contributed by atoms with van der Waals surface area (Å²) in [6, 6.07) is 9.87. The maximum absolute atomic E-state index is 12.9. The number of sulfonamides is 1. The van der Waals surface area contributed by atoms with E-state index in [1.807, 2.05) is 0 Å². The topological polar surface area (TPSA) is 107 Å². The summed E-state index contributed by atoms with van der Waals surface area (Å²) in [5.41, 5.74) is 0.240. The van der Waals surface area contributed by atoms with Crippen molar-refractivity contribution in [3.63, 3.8) is 0 Å². The summed E-state index contributed by atoms with van der Waals surface area (Å²) in [4.78, 5) is 25.5. The van der Waals surface area contributed by atoms with Gasteiger partial charge in [-0.1, -0.05) is 17.7 Å². The van der Waals surface area contributed by atoms with Gasteiger partial charge in [-0.05, 0) is 36.4 Å². The summed E-state index contributed by atoms with van der Waals surface area (Å²) in [5.74, 6) is -0.833. The van der Waals surface area contributed by atoms with Crippen LogP contribution < -0.4 is 5.32 Å². The van der Waals surface area contributed by atoms with Crippen LogP contribution in [0.4, 0.5) is 5.69 Å². The number of nitrogens with one attached hydrogen (secondary N) is 1. The van der Waals surface area contributed by atoms with Gasteiger partial charge in [0.15, 0.2) is 0 Å². The molecule has 1 aliphatic rings. The second kappa shape index (κ2) is 8.40. The van der Waals surface area contributed by atoms with E-state index in [1.54, 1.807) is 4.90 Å². The number of carbonyl (C=O) groups is 2. The Bertz CT molecular complexity index is 1050. The molecule has 10 heteroatoms. The number of phenols is 1. The molecule has 0 aromatic heterocycles. The van der Waals surface area contributed by atoms with Crippen molar-refractivity contribution in [1.29, 1.82) is 0 Å². The van der Waals surface area contributed by atoms with Crippen LogP contribution in [-0.4, -0.2) is 60.7 Å². The number of phenolic OH excluding ortho intramolecular Hbond substituents is 1. The first-order chi connectivity index (χ1) is 13.7. The van der Waals surface area contributed by atoms with Gasteiger partial charge in [0, 0.05) is 43.7 Å². The van der Waals surface area contributed by atoms with Crippen LogP contribution >= 0.6 is 11.6 Å². The summed E-state index contributed by atoms with van der Waals surface area (Å²) in [7, 11) is -3.81. The number of hydrogen-bond donors (Lipinski definition) is 2. The van der Waals surface area contributed by atoms with E-state index in [9.17, 15) is 23.1 Å². The third kappa shape index (κ3) is 4.69. The highest BCUT2D eigenvalue weighted by Gasteiger charge is 2.29. The van der Waals surface area contributed by atoms with Crippen LogP contribution in [0, 0.1) is 0 Å². The van der Waals surface area contributed by atoms with Crippen LogP contribution in [0.2, 0.25) is 5.02 Å². The molecule has 0 radical (unpaired) electrons. The minimum Gasteiger partial charge on any atom is -0.506 e. The van der Waals surface area contributed by atoms with Gasteiger partial charge in [0.25, 0.3) is 5.91 Å². The van der Waals surface area contributed by atoms with E-state index in [2.05, 4.69) is 5.32 Å². The molecule has 1 heterocycles. The first-order valence-electron chi connectivity index (χ1n) is 8.84. The van der Waals surface area contributed by atoms with E-state index in [0.717, 1.165) is 0 Å². The summed E-state index contributed by atoms with van der Waals surface area (Å²) in [5, 5.41) is 12.7. The Labute approximate surface area is 173 Å². The van der Waals surface area contributed by atoms with Crippen LogP contribution in [0.3, 0.4) is 0 Å². The first-order valence-corrected chi connectivity index (χ1v) is 10.7. The maximum Gasteiger partial charge on any atom is 0.255 e. The number of carbonyl (C=O) groups excluding carboxylic acids is 2. The molecule has 0 saturated carbocycles. The zero-order valence-electron chi connectivity index (χ0n) is 15.6. The van der Waals surface area contributed by atoms with E-state index in [-0.39, 0.29) is 40.9 Å². The number of piperazine rings is 1. The third-order valence-electron chi connectivity index (χ3n) is 4.62. The number of benzene rings is 2. The summed E-state index contributed by atoms with van der Waals surface area (Å²) >= 11 is 5.88. The molecular weight excluding hydrogens is 418 g/mol. The Balaban J connectivity index is 1.79. The van der Waals surface area contributed by atoms with Crippen LogP contribution in [0.15, 0.2) is 47.4 Å². The van der Waals surface area contributed by atoms with Gasteiger partial charge in [0.2, 0.25) is 15.9 Å². The Morgan fingerprint density at radius 3 is 2.41 bits per heavy atom. The minimum atomic E-state index is -3.81. The number of nitrogens with zero attached hydrogens (tertiary/aromatic N) is 2. The molecule has 1 aliphatic heterocycles. The quantitative estimate of drug-likeness (QED) is 0.713. The molecule has 3 rings (SSSR count). The van der Waals surface area contributed by atoms with Crippen molar-refractivity contribution < 1.29 is 23.1 Å². The summed E-state index contributed by atoms with van der Waals surface area (Å²) in [6.45, 7) is 2.47. The molecule has 1 saturated heterocycles. The first kappa shape index (κ1) is 21.1. The molecule has 0 unspecified atom stereocenters. The van der Waals surface area contributed by atoms with Gasteiger partial charge in [0.05, 0.1) is 10.6 Å². The van der Waals surface area contributed by atoms with Crippen molar-refractivity contribution in [3.8, 4) is 5.75 Å². The molecule has 0 bridgehead atoms.